The Morgan fingerprint density at radius 1 is 0.442 bits per heavy atom. The highest BCUT2D eigenvalue weighted by atomic mass is 16.8. The molecule has 2 heterocycles. The summed E-state index contributed by atoms with van der Waals surface area (Å²) in [6, 6.07) is 0. The summed E-state index contributed by atoms with van der Waals surface area (Å²) in [6.45, 7) is 8.90. The molecule has 0 aromatic heterocycles. The lowest BCUT2D eigenvalue weighted by molar-refractivity contribution is -0.362. The fraction of sp³-hybridized carbons (Fsp3) is 0.794. The molecule has 2 saturated heterocycles. The van der Waals surface area contributed by atoms with E-state index in [-0.39, 0.29) is 6.61 Å². The second kappa shape index (κ2) is 22.3. The maximum absolute atomic E-state index is 12.5. The summed E-state index contributed by atoms with van der Waals surface area (Å²) < 4.78 is 62.7. The fourth-order valence-corrected chi connectivity index (χ4v) is 5.69. The van der Waals surface area contributed by atoms with Crippen LogP contribution in [0.1, 0.15) is 93.9 Å². The minimum atomic E-state index is -1.77. The van der Waals surface area contributed by atoms with Gasteiger partial charge in [0.25, 0.3) is 0 Å². The lowest BCUT2D eigenvalue weighted by atomic mass is 9.96. The molecule has 0 saturated carbocycles. The average Bonchev–Trinajstić information content (AvgIpc) is 3.02. The molecule has 0 aliphatic carbocycles. The van der Waals surface area contributed by atoms with Crippen LogP contribution in [0.15, 0.2) is 0 Å². The summed E-state index contributed by atoms with van der Waals surface area (Å²) in [4.78, 5) is 85.6. The van der Waals surface area contributed by atoms with Gasteiger partial charge in [-0.3, -0.25) is 33.6 Å². The molecule has 2 aliphatic heterocycles. The summed E-state index contributed by atoms with van der Waals surface area (Å²) in [5.41, 5.74) is 0. The van der Waals surface area contributed by atoms with Gasteiger partial charge in [0, 0.05) is 55.1 Å². The normalized spacial score (nSPS) is 28.5. The van der Waals surface area contributed by atoms with E-state index in [1.165, 1.54) is 0 Å². The van der Waals surface area contributed by atoms with Crippen LogP contribution in [0.25, 0.3) is 0 Å². The Morgan fingerprint density at radius 3 is 1.29 bits per heavy atom. The Bertz CT molecular complexity index is 1220. The van der Waals surface area contributed by atoms with Crippen molar-refractivity contribution in [2.75, 3.05) is 19.8 Å². The number of unbranched alkanes of at least 4 members (excludes halogenated alkanes) is 5. The van der Waals surface area contributed by atoms with E-state index in [1.807, 2.05) is 0 Å². The van der Waals surface area contributed by atoms with Crippen molar-refractivity contribution in [1.82, 2.24) is 0 Å². The highest BCUT2D eigenvalue weighted by Gasteiger charge is 2.57. The second-order valence-electron chi connectivity index (χ2n) is 12.3. The van der Waals surface area contributed by atoms with E-state index in [2.05, 4.69) is 6.92 Å². The van der Waals surface area contributed by atoms with Gasteiger partial charge >= 0.3 is 41.8 Å². The van der Waals surface area contributed by atoms with Crippen LogP contribution < -0.4 is 0 Å². The number of esters is 7. The number of rotatable bonds is 19. The number of hydrogen-bond acceptors (Lipinski definition) is 18. The van der Waals surface area contributed by atoms with Crippen LogP contribution in [0.5, 0.6) is 0 Å². The molecule has 0 aromatic rings. The molecule has 0 radical (unpaired) electrons. The molecule has 0 unspecified atom stereocenters. The Hall–Kier alpha value is -3.87. The maximum Gasteiger partial charge on any atom is 0.303 e. The van der Waals surface area contributed by atoms with E-state index in [1.54, 1.807) is 0 Å². The van der Waals surface area contributed by atoms with E-state index < -0.39 is 116 Å². The second-order valence-corrected chi connectivity index (χ2v) is 12.3. The third kappa shape index (κ3) is 15.0. The first-order valence-electron chi connectivity index (χ1n) is 17.2. The third-order valence-electron chi connectivity index (χ3n) is 7.67. The fourth-order valence-electron chi connectivity index (χ4n) is 5.69. The minimum absolute atomic E-state index is 0.152. The zero-order valence-electron chi connectivity index (χ0n) is 31.0. The van der Waals surface area contributed by atoms with Crippen LogP contribution in [0.2, 0.25) is 0 Å². The van der Waals surface area contributed by atoms with Crippen molar-refractivity contribution in [3.05, 3.63) is 0 Å². The summed E-state index contributed by atoms with van der Waals surface area (Å²) >= 11 is 0. The Labute approximate surface area is 302 Å². The zero-order valence-corrected chi connectivity index (χ0v) is 31.0. The van der Waals surface area contributed by atoms with Crippen LogP contribution in [0.3, 0.4) is 0 Å². The van der Waals surface area contributed by atoms with Gasteiger partial charge in [0.2, 0.25) is 0 Å². The van der Waals surface area contributed by atoms with Gasteiger partial charge in [0.15, 0.2) is 43.1 Å². The summed E-state index contributed by atoms with van der Waals surface area (Å²) in [5, 5.41) is 0. The first kappa shape index (κ1) is 44.3. The van der Waals surface area contributed by atoms with Crippen molar-refractivity contribution in [3.8, 4) is 0 Å². The van der Waals surface area contributed by atoms with Crippen LogP contribution in [-0.2, 0) is 85.7 Å². The van der Waals surface area contributed by atoms with Gasteiger partial charge in [-0.05, 0) is 6.42 Å². The molecule has 18 heteroatoms. The van der Waals surface area contributed by atoms with Gasteiger partial charge in [0.1, 0.15) is 31.5 Å². The van der Waals surface area contributed by atoms with Gasteiger partial charge in [0.05, 0.1) is 0 Å². The number of carbonyl (C=O) groups is 7. The summed E-state index contributed by atoms with van der Waals surface area (Å²) in [7, 11) is 0. The highest BCUT2D eigenvalue weighted by Crippen LogP contribution is 2.35. The van der Waals surface area contributed by atoms with Crippen LogP contribution >= 0.6 is 0 Å². The smallest absolute Gasteiger partial charge is 0.303 e. The molecule has 10 atom stereocenters. The number of ether oxygens (including phenoxy) is 11. The van der Waals surface area contributed by atoms with Gasteiger partial charge in [-0.15, -0.1) is 0 Å². The van der Waals surface area contributed by atoms with E-state index in [9.17, 15) is 33.6 Å². The quantitative estimate of drug-likeness (QED) is 0.105. The molecule has 0 N–H and O–H groups in total. The Morgan fingerprint density at radius 2 is 0.827 bits per heavy atom. The van der Waals surface area contributed by atoms with Gasteiger partial charge in [-0.25, -0.2) is 0 Å². The number of hydrogen-bond donors (Lipinski definition) is 0. The third-order valence-corrected chi connectivity index (χ3v) is 7.67. The molecule has 2 rings (SSSR count). The summed E-state index contributed by atoms with van der Waals surface area (Å²) in [5.74, 6) is -5.67. The Balaban J connectivity index is 2.66. The van der Waals surface area contributed by atoms with Crippen molar-refractivity contribution >= 4 is 41.8 Å². The topological polar surface area (TPSA) is 221 Å². The maximum atomic E-state index is 12.5. The monoisotopic (exact) mass is 748 g/mol. The van der Waals surface area contributed by atoms with Gasteiger partial charge < -0.3 is 52.1 Å². The minimum Gasteiger partial charge on any atom is -0.463 e. The van der Waals surface area contributed by atoms with Crippen LogP contribution in [0.4, 0.5) is 0 Å². The van der Waals surface area contributed by atoms with Crippen molar-refractivity contribution in [1.29, 1.82) is 0 Å². The first-order valence-corrected chi connectivity index (χ1v) is 17.2. The predicted molar refractivity (Wildman–Crippen MR) is 173 cm³/mol. The molecule has 52 heavy (non-hydrogen) atoms. The van der Waals surface area contributed by atoms with Crippen LogP contribution in [0, 0.1) is 0 Å². The Kier molecular flexibility index (Phi) is 19.0. The van der Waals surface area contributed by atoms with E-state index in [0.717, 1.165) is 80.6 Å². The van der Waals surface area contributed by atoms with Gasteiger partial charge in [-0.2, -0.15) is 0 Å². The summed E-state index contributed by atoms with van der Waals surface area (Å²) in [6.07, 6.45) is -9.44. The molecule has 2 fully saturated rings. The molecule has 2 aliphatic rings. The molecule has 0 spiro atoms. The van der Waals surface area contributed by atoms with Crippen molar-refractivity contribution in [2.45, 2.75) is 155 Å². The largest absolute Gasteiger partial charge is 0.463 e. The number of carbonyl (C=O) groups excluding carboxylic acids is 7. The van der Waals surface area contributed by atoms with Crippen molar-refractivity contribution in [3.63, 3.8) is 0 Å². The van der Waals surface area contributed by atoms with E-state index >= 15 is 0 Å². The SMILES string of the molecule is CCCCCCCCO[C@@H]1O[C@H](COC(C)=O)[C@@H](OC(C)=O)[C@H](O[C@H]2O[C@H](COC(C)=O)[C@H](OC(C)=O)[C@H](OC(C)=O)[C@H]2OC(C)=O)[C@H]1OC(C)=O. The molecule has 0 aromatic carbocycles. The van der Waals surface area contributed by atoms with Gasteiger partial charge in [-0.1, -0.05) is 39.0 Å². The van der Waals surface area contributed by atoms with Crippen molar-refractivity contribution < 1.29 is 85.7 Å². The molecule has 296 valence electrons. The first-order chi connectivity index (χ1) is 24.5. The predicted octanol–water partition coefficient (Wildman–Crippen LogP) is 1.98. The molecule has 18 nitrogen and oxygen atoms in total. The highest BCUT2D eigenvalue weighted by molar-refractivity contribution is 5.69. The van der Waals surface area contributed by atoms with Crippen LogP contribution in [-0.4, -0.2) is 123 Å². The molecular formula is C34H52O18. The lowest BCUT2D eigenvalue weighted by Crippen LogP contribution is -2.67. The van der Waals surface area contributed by atoms with E-state index in [4.69, 9.17) is 52.1 Å². The molecular weight excluding hydrogens is 696 g/mol. The van der Waals surface area contributed by atoms with Crippen molar-refractivity contribution in [2.24, 2.45) is 0 Å². The molecule has 0 amide bonds. The average molecular weight is 749 g/mol. The lowest BCUT2D eigenvalue weighted by Gasteiger charge is -2.48. The van der Waals surface area contributed by atoms with E-state index in [0.29, 0.717) is 6.42 Å². The molecule has 0 bridgehead atoms. The standard InChI is InChI=1S/C34H52O18/c1-9-10-11-12-13-14-15-42-33-31(48-23(7)40)30(28(46-21(5)38)25(50-33)16-43-18(2)35)52-34-32(49-24(8)41)29(47-22(6)39)27(45-20(4)37)26(51-34)17-44-19(3)36/h25-34H,9-17H2,1-8H3/t25-,26-,27+,28-,29+,30+,31-,32-,33-,34-/m1/s1. The zero-order chi connectivity index (χ0) is 39.0.